The van der Waals surface area contributed by atoms with Crippen LogP contribution in [0.5, 0.6) is 0 Å². The number of aliphatic carboxylic acids is 1. The molecule has 0 aliphatic carbocycles. The molecule has 7 heteroatoms. The van der Waals surface area contributed by atoms with Crippen LogP contribution in [-0.4, -0.2) is 30.7 Å². The SMILES string of the molecule is Cc1cnc2nc(CC(=O)O)nn2c1-c1ccccc1F. The van der Waals surface area contributed by atoms with Crippen molar-refractivity contribution in [2.45, 2.75) is 13.3 Å². The molecule has 1 aromatic carbocycles. The molecule has 3 rings (SSSR count). The van der Waals surface area contributed by atoms with Gasteiger partial charge in [-0.3, -0.25) is 4.79 Å². The number of hydrogen-bond donors (Lipinski definition) is 1. The minimum absolute atomic E-state index is 0.137. The first-order chi connectivity index (χ1) is 10.1. The van der Waals surface area contributed by atoms with E-state index in [1.165, 1.54) is 10.6 Å². The second-order valence-corrected chi connectivity index (χ2v) is 4.58. The lowest BCUT2D eigenvalue weighted by Crippen LogP contribution is -2.03. The second kappa shape index (κ2) is 4.93. The van der Waals surface area contributed by atoms with Gasteiger partial charge >= 0.3 is 5.97 Å². The van der Waals surface area contributed by atoms with Gasteiger partial charge in [0.25, 0.3) is 5.78 Å². The summed E-state index contributed by atoms with van der Waals surface area (Å²) in [6, 6.07) is 6.31. The monoisotopic (exact) mass is 286 g/mol. The normalized spacial score (nSPS) is 11.0. The lowest BCUT2D eigenvalue weighted by Gasteiger charge is -2.08. The lowest BCUT2D eigenvalue weighted by atomic mass is 10.1. The van der Waals surface area contributed by atoms with Crippen molar-refractivity contribution in [2.75, 3.05) is 0 Å². The third-order valence-corrected chi connectivity index (χ3v) is 3.03. The van der Waals surface area contributed by atoms with E-state index in [0.29, 0.717) is 11.3 Å². The van der Waals surface area contributed by atoms with Gasteiger partial charge in [0.05, 0.1) is 5.69 Å². The summed E-state index contributed by atoms with van der Waals surface area (Å²) in [7, 11) is 0. The van der Waals surface area contributed by atoms with Crippen LogP contribution in [0, 0.1) is 12.7 Å². The van der Waals surface area contributed by atoms with E-state index in [4.69, 9.17) is 5.11 Å². The van der Waals surface area contributed by atoms with Crippen LogP contribution < -0.4 is 0 Å². The van der Waals surface area contributed by atoms with Crippen LogP contribution in [0.3, 0.4) is 0 Å². The second-order valence-electron chi connectivity index (χ2n) is 4.58. The predicted molar refractivity (Wildman–Crippen MR) is 72.3 cm³/mol. The summed E-state index contributed by atoms with van der Waals surface area (Å²) in [5.74, 6) is -1.04. The quantitative estimate of drug-likeness (QED) is 0.795. The zero-order valence-corrected chi connectivity index (χ0v) is 11.1. The van der Waals surface area contributed by atoms with Crippen LogP contribution in [0.15, 0.2) is 30.5 Å². The lowest BCUT2D eigenvalue weighted by molar-refractivity contribution is -0.136. The van der Waals surface area contributed by atoms with Gasteiger partial charge in [-0.15, -0.1) is 5.10 Å². The summed E-state index contributed by atoms with van der Waals surface area (Å²) >= 11 is 0. The summed E-state index contributed by atoms with van der Waals surface area (Å²) < 4.78 is 15.4. The average Bonchev–Trinajstić information content (AvgIpc) is 2.81. The predicted octanol–water partition coefficient (Wildman–Crippen LogP) is 1.87. The van der Waals surface area contributed by atoms with Crippen LogP contribution in [-0.2, 0) is 11.2 Å². The molecule has 0 atom stereocenters. The van der Waals surface area contributed by atoms with Crippen molar-refractivity contribution in [3.05, 3.63) is 47.7 Å². The largest absolute Gasteiger partial charge is 0.481 e. The van der Waals surface area contributed by atoms with E-state index in [1.54, 1.807) is 31.3 Å². The Kier molecular flexibility index (Phi) is 3.09. The van der Waals surface area contributed by atoms with E-state index in [-0.39, 0.29) is 23.8 Å². The molecular formula is C14H11FN4O2. The van der Waals surface area contributed by atoms with Crippen LogP contribution in [0.1, 0.15) is 11.4 Å². The summed E-state index contributed by atoms with van der Waals surface area (Å²) in [5.41, 5.74) is 1.61. The summed E-state index contributed by atoms with van der Waals surface area (Å²) in [5, 5.41) is 12.9. The molecule has 0 spiro atoms. The molecule has 0 radical (unpaired) electrons. The highest BCUT2D eigenvalue weighted by Gasteiger charge is 2.16. The Balaban J connectivity index is 2.26. The van der Waals surface area contributed by atoms with E-state index >= 15 is 0 Å². The molecule has 0 saturated carbocycles. The zero-order chi connectivity index (χ0) is 15.0. The number of rotatable bonds is 3. The minimum atomic E-state index is -1.03. The van der Waals surface area contributed by atoms with Gasteiger partial charge < -0.3 is 5.11 Å². The molecule has 0 fully saturated rings. The van der Waals surface area contributed by atoms with E-state index in [9.17, 15) is 9.18 Å². The fourth-order valence-electron chi connectivity index (χ4n) is 2.15. The minimum Gasteiger partial charge on any atom is -0.481 e. The van der Waals surface area contributed by atoms with E-state index in [2.05, 4.69) is 15.1 Å². The average molecular weight is 286 g/mol. The number of aromatic nitrogens is 4. The molecule has 0 bridgehead atoms. The molecule has 6 nitrogen and oxygen atoms in total. The molecular weight excluding hydrogens is 275 g/mol. The maximum Gasteiger partial charge on any atom is 0.311 e. The van der Waals surface area contributed by atoms with Crippen LogP contribution in [0.2, 0.25) is 0 Å². The van der Waals surface area contributed by atoms with Crippen molar-refractivity contribution in [1.82, 2.24) is 19.6 Å². The van der Waals surface area contributed by atoms with Gasteiger partial charge in [-0.1, -0.05) is 12.1 Å². The topological polar surface area (TPSA) is 80.4 Å². The first-order valence-corrected chi connectivity index (χ1v) is 6.24. The van der Waals surface area contributed by atoms with Crippen molar-refractivity contribution >= 4 is 11.7 Å². The van der Waals surface area contributed by atoms with Crippen molar-refractivity contribution < 1.29 is 14.3 Å². The number of benzene rings is 1. The molecule has 0 saturated heterocycles. The maximum absolute atomic E-state index is 14.0. The molecule has 106 valence electrons. The number of fused-ring (bicyclic) bond motifs is 1. The Morgan fingerprint density at radius 1 is 1.38 bits per heavy atom. The Morgan fingerprint density at radius 2 is 2.14 bits per heavy atom. The summed E-state index contributed by atoms with van der Waals surface area (Å²) in [6.07, 6.45) is 1.26. The molecule has 0 amide bonds. The van der Waals surface area contributed by atoms with E-state index in [0.717, 1.165) is 5.56 Å². The first-order valence-electron chi connectivity index (χ1n) is 6.24. The Bertz CT molecular complexity index is 844. The molecule has 21 heavy (non-hydrogen) atoms. The Labute approximate surface area is 118 Å². The molecule has 0 aliphatic heterocycles. The number of aryl methyl sites for hydroxylation is 1. The fraction of sp³-hybridized carbons (Fsp3) is 0.143. The Hall–Kier alpha value is -2.83. The molecule has 0 aliphatic rings. The van der Waals surface area contributed by atoms with Gasteiger partial charge in [0.2, 0.25) is 0 Å². The van der Waals surface area contributed by atoms with Gasteiger partial charge in [-0.25, -0.2) is 9.37 Å². The molecule has 3 aromatic rings. The van der Waals surface area contributed by atoms with E-state index < -0.39 is 5.97 Å². The highest BCUT2D eigenvalue weighted by molar-refractivity contribution is 5.69. The van der Waals surface area contributed by atoms with Crippen LogP contribution in [0.25, 0.3) is 17.0 Å². The van der Waals surface area contributed by atoms with Gasteiger partial charge in [-0.05, 0) is 24.6 Å². The van der Waals surface area contributed by atoms with Gasteiger partial charge in [0.15, 0.2) is 5.82 Å². The summed E-state index contributed by atoms with van der Waals surface area (Å²) in [4.78, 5) is 18.9. The Morgan fingerprint density at radius 3 is 2.86 bits per heavy atom. The standard InChI is InChI=1S/C14H11FN4O2/c1-8-7-16-14-17-11(6-12(20)21)18-19(14)13(8)9-4-2-3-5-10(9)15/h2-5,7H,6H2,1H3,(H,20,21). The molecule has 1 N–H and O–H groups in total. The third-order valence-electron chi connectivity index (χ3n) is 3.03. The van der Waals surface area contributed by atoms with Crippen molar-refractivity contribution in [1.29, 1.82) is 0 Å². The third kappa shape index (κ3) is 2.33. The smallest absolute Gasteiger partial charge is 0.311 e. The fourth-order valence-corrected chi connectivity index (χ4v) is 2.15. The van der Waals surface area contributed by atoms with Crippen molar-refractivity contribution in [3.8, 4) is 11.3 Å². The number of hydrogen-bond acceptors (Lipinski definition) is 4. The number of halogens is 1. The van der Waals surface area contributed by atoms with Gasteiger partial charge in [0.1, 0.15) is 12.2 Å². The number of carboxylic acids is 1. The maximum atomic E-state index is 14.0. The highest BCUT2D eigenvalue weighted by Crippen LogP contribution is 2.25. The van der Waals surface area contributed by atoms with Crippen molar-refractivity contribution in [3.63, 3.8) is 0 Å². The van der Waals surface area contributed by atoms with Crippen LogP contribution >= 0.6 is 0 Å². The number of carboxylic acid groups (broad SMARTS) is 1. The van der Waals surface area contributed by atoms with E-state index in [1.807, 2.05) is 0 Å². The van der Waals surface area contributed by atoms with Gasteiger partial charge in [-0.2, -0.15) is 9.50 Å². The van der Waals surface area contributed by atoms with Gasteiger partial charge in [0, 0.05) is 11.8 Å². The van der Waals surface area contributed by atoms with Crippen molar-refractivity contribution in [2.24, 2.45) is 0 Å². The number of carbonyl (C=O) groups is 1. The zero-order valence-electron chi connectivity index (χ0n) is 11.1. The molecule has 2 aromatic heterocycles. The number of nitrogens with zero attached hydrogens (tertiary/aromatic N) is 4. The highest BCUT2D eigenvalue weighted by atomic mass is 19.1. The first kappa shape index (κ1) is 13.2. The summed E-state index contributed by atoms with van der Waals surface area (Å²) in [6.45, 7) is 1.78. The molecule has 0 unspecified atom stereocenters. The molecule has 2 heterocycles. The van der Waals surface area contributed by atoms with Crippen LogP contribution in [0.4, 0.5) is 4.39 Å².